The van der Waals surface area contributed by atoms with Gasteiger partial charge in [-0.2, -0.15) is 11.8 Å². The second-order valence-corrected chi connectivity index (χ2v) is 5.32. The van der Waals surface area contributed by atoms with Crippen molar-refractivity contribution in [1.82, 2.24) is 5.32 Å². The second-order valence-electron chi connectivity index (χ2n) is 3.23. The molecule has 16 heavy (non-hydrogen) atoms. The van der Waals surface area contributed by atoms with Crippen LogP contribution in [0.2, 0.25) is 0 Å². The molecule has 1 heterocycles. The number of thioether (sulfide) groups is 2. The highest BCUT2D eigenvalue weighted by Crippen LogP contribution is 2.23. The Bertz CT molecular complexity index is 310. The maximum absolute atomic E-state index is 11.7. The third-order valence-electron chi connectivity index (χ3n) is 2.05. The van der Waals surface area contributed by atoms with Gasteiger partial charge in [0.1, 0.15) is 0 Å². The standard InChI is InChI=1S/C9H14N2O3S2/c1-15-6-3-7(12)8(11(13)14)9-10-4-2-5-16-9/h10H,2-6H2,1H3. The topological polar surface area (TPSA) is 72.2 Å². The summed E-state index contributed by atoms with van der Waals surface area (Å²) in [5.41, 5.74) is -0.265. The lowest BCUT2D eigenvalue weighted by Crippen LogP contribution is -2.25. The van der Waals surface area contributed by atoms with Crippen LogP contribution < -0.4 is 5.32 Å². The number of Topliss-reactive ketones (excluding diaryl/α,β-unsaturated/α-hetero) is 1. The van der Waals surface area contributed by atoms with E-state index in [4.69, 9.17) is 0 Å². The van der Waals surface area contributed by atoms with E-state index in [1.165, 1.54) is 23.5 Å². The number of hydrogen-bond acceptors (Lipinski definition) is 6. The molecule has 1 fully saturated rings. The number of nitrogens with one attached hydrogen (secondary N) is 1. The fraction of sp³-hybridized carbons (Fsp3) is 0.667. The molecule has 5 nitrogen and oxygen atoms in total. The van der Waals surface area contributed by atoms with E-state index in [1.807, 2.05) is 6.26 Å². The molecule has 0 atom stereocenters. The molecule has 0 unspecified atom stereocenters. The second kappa shape index (κ2) is 6.80. The van der Waals surface area contributed by atoms with Crippen molar-refractivity contribution in [2.75, 3.05) is 24.3 Å². The van der Waals surface area contributed by atoms with Crippen LogP contribution in [-0.4, -0.2) is 35.0 Å². The van der Waals surface area contributed by atoms with Gasteiger partial charge in [-0.25, -0.2) is 0 Å². The molecule has 0 aromatic heterocycles. The van der Waals surface area contributed by atoms with E-state index in [9.17, 15) is 14.9 Å². The minimum absolute atomic E-state index is 0.225. The molecule has 0 spiro atoms. The molecule has 0 aliphatic carbocycles. The Morgan fingerprint density at radius 1 is 1.69 bits per heavy atom. The van der Waals surface area contributed by atoms with Gasteiger partial charge in [-0.15, -0.1) is 11.8 Å². The highest BCUT2D eigenvalue weighted by molar-refractivity contribution is 8.03. The first-order valence-corrected chi connectivity index (χ1v) is 7.32. The molecule has 1 N–H and O–H groups in total. The first kappa shape index (κ1) is 13.4. The van der Waals surface area contributed by atoms with Crippen LogP contribution in [0.1, 0.15) is 12.8 Å². The molecular weight excluding hydrogens is 248 g/mol. The summed E-state index contributed by atoms with van der Waals surface area (Å²) in [6.07, 6.45) is 3.07. The summed E-state index contributed by atoms with van der Waals surface area (Å²) in [7, 11) is 0. The Morgan fingerprint density at radius 2 is 2.44 bits per heavy atom. The Hall–Kier alpha value is -0.690. The number of carbonyl (C=O) groups is 1. The molecule has 0 bridgehead atoms. The number of rotatable bonds is 5. The predicted octanol–water partition coefficient (Wildman–Crippen LogP) is 1.48. The average molecular weight is 262 g/mol. The summed E-state index contributed by atoms with van der Waals surface area (Å²) in [6, 6.07) is 0. The zero-order valence-corrected chi connectivity index (χ0v) is 10.7. The Kier molecular flexibility index (Phi) is 5.68. The average Bonchev–Trinajstić information content (AvgIpc) is 2.27. The first-order valence-electron chi connectivity index (χ1n) is 4.94. The molecule has 0 amide bonds. The van der Waals surface area contributed by atoms with Crippen LogP contribution in [0.5, 0.6) is 0 Å². The van der Waals surface area contributed by atoms with Crippen molar-refractivity contribution in [2.24, 2.45) is 0 Å². The van der Waals surface area contributed by atoms with Crippen LogP contribution in [0, 0.1) is 10.1 Å². The van der Waals surface area contributed by atoms with Crippen molar-refractivity contribution in [3.8, 4) is 0 Å². The zero-order valence-electron chi connectivity index (χ0n) is 9.02. The number of allylic oxidation sites excluding steroid dienone is 1. The molecule has 1 rings (SSSR count). The van der Waals surface area contributed by atoms with Crippen LogP contribution >= 0.6 is 23.5 Å². The van der Waals surface area contributed by atoms with Gasteiger partial charge in [-0.3, -0.25) is 14.9 Å². The summed E-state index contributed by atoms with van der Waals surface area (Å²) in [5, 5.41) is 14.2. The van der Waals surface area contributed by atoms with Gasteiger partial charge < -0.3 is 5.32 Å². The smallest absolute Gasteiger partial charge is 0.341 e. The lowest BCUT2D eigenvalue weighted by molar-refractivity contribution is -0.419. The lowest BCUT2D eigenvalue weighted by atomic mass is 10.2. The quantitative estimate of drug-likeness (QED) is 0.459. The van der Waals surface area contributed by atoms with Crippen LogP contribution in [0.4, 0.5) is 0 Å². The van der Waals surface area contributed by atoms with E-state index < -0.39 is 4.92 Å². The van der Waals surface area contributed by atoms with E-state index in [0.29, 0.717) is 17.3 Å². The van der Waals surface area contributed by atoms with Gasteiger partial charge in [0.05, 0.1) is 4.92 Å². The maximum Gasteiger partial charge on any atom is 0.341 e. The van der Waals surface area contributed by atoms with Gasteiger partial charge in [0.15, 0.2) is 5.03 Å². The number of nitro groups is 1. The van der Waals surface area contributed by atoms with Gasteiger partial charge in [0.25, 0.3) is 0 Å². The number of ketones is 1. The lowest BCUT2D eigenvalue weighted by Gasteiger charge is -2.15. The molecular formula is C9H14N2O3S2. The molecule has 90 valence electrons. The van der Waals surface area contributed by atoms with Crippen molar-refractivity contribution in [1.29, 1.82) is 0 Å². The summed E-state index contributed by atoms with van der Waals surface area (Å²) in [5.74, 6) is 1.07. The SMILES string of the molecule is CSCCC(=O)C(=C1NCCCS1)[N+](=O)[O-]. The fourth-order valence-corrected chi connectivity index (χ4v) is 2.69. The van der Waals surface area contributed by atoms with Gasteiger partial charge >= 0.3 is 5.70 Å². The molecule has 0 radical (unpaired) electrons. The van der Waals surface area contributed by atoms with Crippen molar-refractivity contribution < 1.29 is 9.72 Å². The molecule has 7 heteroatoms. The van der Waals surface area contributed by atoms with Gasteiger partial charge in [0, 0.05) is 24.5 Å². The fourth-order valence-electron chi connectivity index (χ4n) is 1.28. The van der Waals surface area contributed by atoms with Gasteiger partial charge in [0.2, 0.25) is 5.78 Å². The molecule has 0 aromatic rings. The number of carbonyl (C=O) groups excluding carboxylic acids is 1. The molecule has 1 aliphatic heterocycles. The summed E-state index contributed by atoms with van der Waals surface area (Å²) in [6.45, 7) is 0.704. The van der Waals surface area contributed by atoms with E-state index >= 15 is 0 Å². The Morgan fingerprint density at radius 3 is 2.94 bits per heavy atom. The van der Waals surface area contributed by atoms with Crippen molar-refractivity contribution >= 4 is 29.3 Å². The highest BCUT2D eigenvalue weighted by atomic mass is 32.2. The molecule has 1 saturated heterocycles. The van der Waals surface area contributed by atoms with E-state index in [1.54, 1.807) is 0 Å². The van der Waals surface area contributed by atoms with Crippen LogP contribution in [0.3, 0.4) is 0 Å². The van der Waals surface area contributed by atoms with Crippen LogP contribution in [-0.2, 0) is 4.79 Å². The van der Waals surface area contributed by atoms with E-state index in [0.717, 1.165) is 12.2 Å². The third-order valence-corrected chi connectivity index (χ3v) is 3.78. The van der Waals surface area contributed by atoms with Gasteiger partial charge in [-0.1, -0.05) is 0 Å². The zero-order chi connectivity index (χ0) is 12.0. The largest absolute Gasteiger partial charge is 0.374 e. The monoisotopic (exact) mass is 262 g/mol. The van der Waals surface area contributed by atoms with Crippen molar-refractivity contribution in [3.63, 3.8) is 0 Å². The highest BCUT2D eigenvalue weighted by Gasteiger charge is 2.28. The molecule has 1 aliphatic rings. The van der Waals surface area contributed by atoms with Crippen molar-refractivity contribution in [2.45, 2.75) is 12.8 Å². The predicted molar refractivity (Wildman–Crippen MR) is 67.1 cm³/mol. The third kappa shape index (κ3) is 3.71. The van der Waals surface area contributed by atoms with Gasteiger partial charge in [-0.05, 0) is 12.7 Å². The molecule has 0 aromatic carbocycles. The number of hydrogen-bond donors (Lipinski definition) is 1. The Balaban J connectivity index is 2.80. The molecule has 0 saturated carbocycles. The van der Waals surface area contributed by atoms with E-state index in [-0.39, 0.29) is 17.9 Å². The van der Waals surface area contributed by atoms with Crippen LogP contribution in [0.15, 0.2) is 10.7 Å². The first-order chi connectivity index (χ1) is 7.66. The minimum atomic E-state index is -0.566. The Labute approximate surface area is 103 Å². The van der Waals surface area contributed by atoms with Crippen molar-refractivity contribution in [3.05, 3.63) is 20.8 Å². The summed E-state index contributed by atoms with van der Waals surface area (Å²) in [4.78, 5) is 22.0. The van der Waals surface area contributed by atoms with E-state index in [2.05, 4.69) is 5.32 Å². The number of nitrogens with zero attached hydrogens (tertiary/aromatic N) is 1. The maximum atomic E-state index is 11.7. The summed E-state index contributed by atoms with van der Waals surface area (Å²) >= 11 is 2.87. The minimum Gasteiger partial charge on any atom is -0.374 e. The van der Waals surface area contributed by atoms with Crippen LogP contribution in [0.25, 0.3) is 0 Å². The normalized spacial score (nSPS) is 18.8. The summed E-state index contributed by atoms with van der Waals surface area (Å²) < 4.78 is 0.